The first-order valence-corrected chi connectivity index (χ1v) is 5.69. The van der Waals surface area contributed by atoms with E-state index in [0.717, 1.165) is 30.2 Å². The molecular formula is C13H14BNO. The number of hydrogen-bond donors (Lipinski definition) is 1. The van der Waals surface area contributed by atoms with Crippen molar-refractivity contribution in [2.45, 2.75) is 25.4 Å². The lowest BCUT2D eigenvalue weighted by molar-refractivity contribution is 0.0911. The summed E-state index contributed by atoms with van der Waals surface area (Å²) in [5, 5.41) is 1.30. The number of fused-ring (bicyclic) bond motifs is 3. The Morgan fingerprint density at radius 1 is 1.44 bits per heavy atom. The monoisotopic (exact) mass is 211 g/mol. The van der Waals surface area contributed by atoms with E-state index in [1.54, 1.807) is 7.11 Å². The molecule has 16 heavy (non-hydrogen) atoms. The van der Waals surface area contributed by atoms with Crippen LogP contribution < -0.4 is 5.46 Å². The zero-order valence-electron chi connectivity index (χ0n) is 9.42. The summed E-state index contributed by atoms with van der Waals surface area (Å²) in [4.78, 5) is 3.47. The van der Waals surface area contributed by atoms with Gasteiger partial charge in [0.05, 0.1) is 6.10 Å². The quantitative estimate of drug-likeness (QED) is 0.710. The van der Waals surface area contributed by atoms with Gasteiger partial charge in [0.25, 0.3) is 0 Å². The van der Waals surface area contributed by atoms with Crippen molar-refractivity contribution in [2.24, 2.45) is 0 Å². The van der Waals surface area contributed by atoms with Gasteiger partial charge in [-0.25, -0.2) is 0 Å². The molecule has 0 spiro atoms. The van der Waals surface area contributed by atoms with Crippen LogP contribution in [0.25, 0.3) is 10.9 Å². The molecule has 1 aliphatic rings. The van der Waals surface area contributed by atoms with Gasteiger partial charge in [-0.1, -0.05) is 17.6 Å². The molecule has 80 valence electrons. The van der Waals surface area contributed by atoms with Crippen molar-refractivity contribution in [3.63, 3.8) is 0 Å². The van der Waals surface area contributed by atoms with Gasteiger partial charge in [-0.3, -0.25) is 0 Å². The number of ether oxygens (including phenoxy) is 1. The largest absolute Gasteiger partial charge is 0.381 e. The number of aromatic nitrogens is 1. The second-order valence-corrected chi connectivity index (χ2v) is 4.49. The van der Waals surface area contributed by atoms with Gasteiger partial charge < -0.3 is 9.72 Å². The SMILES string of the molecule is [B]c1ccc2c3c([nH]c2c1)CCC(OC)C3. The summed E-state index contributed by atoms with van der Waals surface area (Å²) in [6.07, 6.45) is 3.55. The van der Waals surface area contributed by atoms with Gasteiger partial charge in [0.2, 0.25) is 0 Å². The summed E-state index contributed by atoms with van der Waals surface area (Å²) in [5.41, 5.74) is 4.73. The first-order valence-electron chi connectivity index (χ1n) is 5.69. The highest BCUT2D eigenvalue weighted by molar-refractivity contribution is 6.33. The molecule has 1 aromatic carbocycles. The smallest absolute Gasteiger partial charge is 0.113 e. The summed E-state index contributed by atoms with van der Waals surface area (Å²) >= 11 is 0. The Bertz CT molecular complexity index is 532. The molecule has 0 fully saturated rings. The molecule has 1 N–H and O–H groups in total. The van der Waals surface area contributed by atoms with Crippen LogP contribution >= 0.6 is 0 Å². The fourth-order valence-electron chi connectivity index (χ4n) is 2.61. The van der Waals surface area contributed by atoms with Crippen LogP contribution in [0.3, 0.4) is 0 Å². The third kappa shape index (κ3) is 1.47. The van der Waals surface area contributed by atoms with E-state index < -0.39 is 0 Å². The maximum absolute atomic E-state index is 5.79. The van der Waals surface area contributed by atoms with Crippen LogP contribution in [0.5, 0.6) is 0 Å². The van der Waals surface area contributed by atoms with Crippen LogP contribution in [0.2, 0.25) is 0 Å². The molecule has 2 aromatic rings. The zero-order chi connectivity index (χ0) is 11.1. The minimum absolute atomic E-state index is 0.365. The third-order valence-corrected chi connectivity index (χ3v) is 3.50. The second kappa shape index (κ2) is 3.67. The third-order valence-electron chi connectivity index (χ3n) is 3.50. The van der Waals surface area contributed by atoms with Crippen LogP contribution in [-0.2, 0) is 17.6 Å². The van der Waals surface area contributed by atoms with E-state index in [1.165, 1.54) is 16.6 Å². The molecular weight excluding hydrogens is 197 g/mol. The minimum Gasteiger partial charge on any atom is -0.381 e. The zero-order valence-corrected chi connectivity index (χ0v) is 9.42. The maximum Gasteiger partial charge on any atom is 0.113 e. The van der Waals surface area contributed by atoms with Gasteiger partial charge in [-0.05, 0) is 24.5 Å². The highest BCUT2D eigenvalue weighted by Crippen LogP contribution is 2.29. The van der Waals surface area contributed by atoms with Gasteiger partial charge in [-0.2, -0.15) is 0 Å². The molecule has 1 unspecified atom stereocenters. The second-order valence-electron chi connectivity index (χ2n) is 4.49. The standard InChI is InChI=1S/C13H14BNO/c1-16-9-3-5-12-11(7-9)10-4-2-8(14)6-13(10)15-12/h2,4,6,9,15H,3,5,7H2,1H3. The molecule has 3 rings (SSSR count). The highest BCUT2D eigenvalue weighted by atomic mass is 16.5. The predicted octanol–water partition coefficient (Wildman–Crippen LogP) is 1.47. The van der Waals surface area contributed by atoms with E-state index in [0.29, 0.717) is 6.10 Å². The fraction of sp³-hybridized carbons (Fsp3) is 0.385. The molecule has 0 aliphatic heterocycles. The lowest BCUT2D eigenvalue weighted by atomic mass is 9.91. The number of hydrogen-bond acceptors (Lipinski definition) is 1. The van der Waals surface area contributed by atoms with Crippen LogP contribution in [0.15, 0.2) is 18.2 Å². The van der Waals surface area contributed by atoms with E-state index in [9.17, 15) is 0 Å². The van der Waals surface area contributed by atoms with Crippen molar-refractivity contribution < 1.29 is 4.74 Å². The molecule has 0 amide bonds. The Morgan fingerprint density at radius 3 is 3.12 bits per heavy atom. The van der Waals surface area contributed by atoms with Crippen LogP contribution in [0, 0.1) is 0 Å². The Hall–Kier alpha value is -1.22. The van der Waals surface area contributed by atoms with E-state index in [1.807, 2.05) is 12.1 Å². The molecule has 1 heterocycles. The summed E-state index contributed by atoms with van der Waals surface area (Å²) < 4.78 is 5.45. The van der Waals surface area contributed by atoms with E-state index in [-0.39, 0.29) is 0 Å². The number of benzene rings is 1. The number of aromatic amines is 1. The van der Waals surface area contributed by atoms with E-state index >= 15 is 0 Å². The molecule has 1 aromatic heterocycles. The van der Waals surface area contributed by atoms with Gasteiger partial charge >= 0.3 is 0 Å². The molecule has 2 radical (unpaired) electrons. The number of rotatable bonds is 1. The number of nitrogens with one attached hydrogen (secondary N) is 1. The Balaban J connectivity index is 2.14. The van der Waals surface area contributed by atoms with Crippen molar-refractivity contribution in [1.29, 1.82) is 0 Å². The van der Waals surface area contributed by atoms with Gasteiger partial charge in [0.1, 0.15) is 7.85 Å². The minimum atomic E-state index is 0.365. The normalized spacial score (nSPS) is 19.9. The average Bonchev–Trinajstić information content (AvgIpc) is 2.65. The van der Waals surface area contributed by atoms with Crippen molar-refractivity contribution >= 4 is 24.2 Å². The maximum atomic E-state index is 5.79. The fourth-order valence-corrected chi connectivity index (χ4v) is 2.61. The van der Waals surface area contributed by atoms with Gasteiger partial charge in [0, 0.05) is 30.1 Å². The average molecular weight is 211 g/mol. The summed E-state index contributed by atoms with van der Waals surface area (Å²) in [6, 6.07) is 6.08. The molecule has 2 nitrogen and oxygen atoms in total. The molecule has 0 saturated carbocycles. The van der Waals surface area contributed by atoms with Crippen LogP contribution in [0.4, 0.5) is 0 Å². The predicted molar refractivity (Wildman–Crippen MR) is 66.5 cm³/mol. The Kier molecular flexibility index (Phi) is 2.29. The van der Waals surface area contributed by atoms with Gasteiger partial charge in [-0.15, -0.1) is 0 Å². The first-order chi connectivity index (χ1) is 7.78. The molecule has 1 atom stereocenters. The number of methoxy groups -OCH3 is 1. The molecule has 0 bridgehead atoms. The van der Waals surface area contributed by atoms with Gasteiger partial charge in [0.15, 0.2) is 0 Å². The van der Waals surface area contributed by atoms with Crippen molar-refractivity contribution in [3.8, 4) is 0 Å². The van der Waals surface area contributed by atoms with Crippen molar-refractivity contribution in [2.75, 3.05) is 7.11 Å². The van der Waals surface area contributed by atoms with Crippen molar-refractivity contribution in [3.05, 3.63) is 29.5 Å². The van der Waals surface area contributed by atoms with Crippen LogP contribution in [0.1, 0.15) is 17.7 Å². The Labute approximate surface area is 96.4 Å². The van der Waals surface area contributed by atoms with Crippen LogP contribution in [-0.4, -0.2) is 26.0 Å². The highest BCUT2D eigenvalue weighted by Gasteiger charge is 2.21. The topological polar surface area (TPSA) is 25.0 Å². The van der Waals surface area contributed by atoms with Crippen molar-refractivity contribution in [1.82, 2.24) is 4.98 Å². The van der Waals surface area contributed by atoms with E-state index in [4.69, 9.17) is 12.6 Å². The first kappa shape index (κ1) is 9.97. The molecule has 1 aliphatic carbocycles. The lowest BCUT2D eigenvalue weighted by Gasteiger charge is -2.20. The van der Waals surface area contributed by atoms with E-state index in [2.05, 4.69) is 11.1 Å². The lowest BCUT2D eigenvalue weighted by Crippen LogP contribution is -2.20. The molecule has 0 saturated heterocycles. The number of H-pyrrole nitrogens is 1. The molecule has 3 heteroatoms. The number of aryl methyl sites for hydroxylation is 1. The summed E-state index contributed by atoms with van der Waals surface area (Å²) in [6.45, 7) is 0. The Morgan fingerprint density at radius 2 is 2.31 bits per heavy atom. The summed E-state index contributed by atoms with van der Waals surface area (Å²) in [5.74, 6) is 0. The summed E-state index contributed by atoms with van der Waals surface area (Å²) in [7, 11) is 7.58.